The second kappa shape index (κ2) is 5.46. The largest absolute Gasteiger partial charge is 0.189 e. The SMILES string of the molecule is ClCOOOCl. The maximum Gasteiger partial charge on any atom is 0.159 e. The van der Waals surface area contributed by atoms with E-state index in [1.165, 1.54) is 0 Å². The van der Waals surface area contributed by atoms with Gasteiger partial charge in [-0.05, 0) is 5.04 Å². The van der Waals surface area contributed by atoms with E-state index in [0.717, 1.165) is 0 Å². The van der Waals surface area contributed by atoms with Crippen LogP contribution in [0.4, 0.5) is 0 Å². The Labute approximate surface area is 44.7 Å². The van der Waals surface area contributed by atoms with E-state index >= 15 is 0 Å². The van der Waals surface area contributed by atoms with E-state index in [2.05, 4.69) is 26.2 Å². The summed E-state index contributed by atoms with van der Waals surface area (Å²) in [6, 6.07) is -0.104. The van der Waals surface area contributed by atoms with Gasteiger partial charge in [-0.2, -0.15) is 4.89 Å². The first-order chi connectivity index (χ1) is 2.91. The van der Waals surface area contributed by atoms with Crippen LogP contribution in [-0.4, -0.2) is 6.07 Å². The van der Waals surface area contributed by atoms with E-state index in [-0.39, 0.29) is 6.07 Å². The standard InChI is InChI=1S/CH2Cl2O3/c2-1-4-6-5-3/h1H2. The number of hydrogen-bond acceptors (Lipinski definition) is 3. The van der Waals surface area contributed by atoms with Crippen LogP contribution in [0.15, 0.2) is 0 Å². The van der Waals surface area contributed by atoms with Crippen LogP contribution in [0.3, 0.4) is 0 Å². The van der Waals surface area contributed by atoms with E-state index in [1.54, 1.807) is 0 Å². The fourth-order valence-corrected chi connectivity index (χ4v) is 0.109. The second-order valence-corrected chi connectivity index (χ2v) is 0.702. The Balaban J connectivity index is 2.34. The van der Waals surface area contributed by atoms with Crippen LogP contribution in [0.25, 0.3) is 0 Å². The monoisotopic (exact) mass is 132 g/mol. The van der Waals surface area contributed by atoms with Crippen LogP contribution in [0, 0.1) is 0 Å². The Morgan fingerprint density at radius 1 is 1.50 bits per heavy atom. The molecule has 0 spiro atoms. The first-order valence-corrected chi connectivity index (χ1v) is 1.89. The molecule has 0 aromatic heterocycles. The molecule has 0 rings (SSSR count). The van der Waals surface area contributed by atoms with Gasteiger partial charge in [-0.1, -0.05) is 16.0 Å². The molecule has 5 heteroatoms. The summed E-state index contributed by atoms with van der Waals surface area (Å²) in [5.74, 6) is 0. The Bertz CT molecular complexity index is 20.8. The van der Waals surface area contributed by atoms with Gasteiger partial charge in [0, 0.05) is 0 Å². The third kappa shape index (κ3) is 4.46. The van der Waals surface area contributed by atoms with Crippen LogP contribution in [-0.2, 0) is 14.4 Å². The average Bonchev–Trinajstić information content (AvgIpc) is 1.61. The van der Waals surface area contributed by atoms with E-state index in [1.807, 2.05) is 0 Å². The van der Waals surface area contributed by atoms with Crippen molar-refractivity contribution in [1.82, 2.24) is 0 Å². The lowest BCUT2D eigenvalue weighted by Gasteiger charge is -1.86. The van der Waals surface area contributed by atoms with Gasteiger partial charge in [-0.25, -0.2) is 0 Å². The maximum absolute atomic E-state index is 4.89. The normalized spacial score (nSPS) is 9.00. The molecule has 0 fully saturated rings. The van der Waals surface area contributed by atoms with Crippen LogP contribution >= 0.6 is 23.5 Å². The topological polar surface area (TPSA) is 27.7 Å². The molecule has 0 aliphatic rings. The highest BCUT2D eigenvalue weighted by Crippen LogP contribution is 1.84. The van der Waals surface area contributed by atoms with Gasteiger partial charge in [0.15, 0.2) is 6.07 Å². The molecule has 0 aliphatic heterocycles. The van der Waals surface area contributed by atoms with Gasteiger partial charge in [-0.15, -0.1) is 0 Å². The summed E-state index contributed by atoms with van der Waals surface area (Å²) < 4.78 is 3.45. The number of hydrogen-bond donors (Lipinski definition) is 0. The minimum absolute atomic E-state index is 0.104. The molecule has 0 N–H and O–H groups in total. The molecule has 0 saturated carbocycles. The molecular weight excluding hydrogens is 131 g/mol. The van der Waals surface area contributed by atoms with E-state index < -0.39 is 0 Å². The molecule has 0 aromatic carbocycles. The predicted molar refractivity (Wildman–Crippen MR) is 19.8 cm³/mol. The zero-order valence-corrected chi connectivity index (χ0v) is 4.20. The summed E-state index contributed by atoms with van der Waals surface area (Å²) in [6.07, 6.45) is 0. The smallest absolute Gasteiger partial charge is 0.159 e. The first kappa shape index (κ1) is 6.46. The predicted octanol–water partition coefficient (Wildman–Crippen LogP) is 1.22. The summed E-state index contributed by atoms with van der Waals surface area (Å²) in [5, 5.41) is 3.62. The van der Waals surface area contributed by atoms with E-state index in [9.17, 15) is 0 Å². The zero-order valence-electron chi connectivity index (χ0n) is 2.69. The van der Waals surface area contributed by atoms with Gasteiger partial charge in [0.1, 0.15) is 11.9 Å². The van der Waals surface area contributed by atoms with Crippen LogP contribution < -0.4 is 0 Å². The fraction of sp³-hybridized carbons (Fsp3) is 1.00. The van der Waals surface area contributed by atoms with Crippen molar-refractivity contribution in [2.75, 3.05) is 6.07 Å². The highest BCUT2D eigenvalue weighted by Gasteiger charge is 1.76. The minimum Gasteiger partial charge on any atom is -0.189 e. The zero-order chi connectivity index (χ0) is 4.83. The van der Waals surface area contributed by atoms with Gasteiger partial charge < -0.3 is 0 Å². The first-order valence-electron chi connectivity index (χ1n) is 1.04. The van der Waals surface area contributed by atoms with Gasteiger partial charge in [0.2, 0.25) is 0 Å². The minimum atomic E-state index is -0.104. The van der Waals surface area contributed by atoms with Crippen LogP contribution in [0.1, 0.15) is 0 Å². The molecule has 0 atom stereocenters. The van der Waals surface area contributed by atoms with E-state index in [0.29, 0.717) is 0 Å². The van der Waals surface area contributed by atoms with Crippen molar-refractivity contribution in [1.29, 1.82) is 0 Å². The maximum atomic E-state index is 4.89. The molecule has 0 aliphatic carbocycles. The molecule has 6 heavy (non-hydrogen) atoms. The van der Waals surface area contributed by atoms with Crippen molar-refractivity contribution in [2.24, 2.45) is 0 Å². The van der Waals surface area contributed by atoms with Gasteiger partial charge in [-0.3, -0.25) is 0 Å². The molecule has 0 amide bonds. The molecule has 0 bridgehead atoms. The molecule has 0 saturated heterocycles. The van der Waals surface area contributed by atoms with E-state index in [4.69, 9.17) is 11.6 Å². The molecule has 0 heterocycles. The Morgan fingerprint density at radius 3 is 2.33 bits per heavy atom. The van der Waals surface area contributed by atoms with Gasteiger partial charge >= 0.3 is 0 Å². The van der Waals surface area contributed by atoms with Crippen LogP contribution in [0.5, 0.6) is 0 Å². The van der Waals surface area contributed by atoms with Crippen molar-refractivity contribution in [3.05, 3.63) is 0 Å². The quantitative estimate of drug-likeness (QED) is 0.250. The second-order valence-electron chi connectivity index (χ2n) is 0.358. The van der Waals surface area contributed by atoms with Crippen molar-refractivity contribution in [3.8, 4) is 0 Å². The molecule has 0 radical (unpaired) electrons. The molecular formula is CH2Cl2O3. The third-order valence-electron chi connectivity index (χ3n) is 0.118. The van der Waals surface area contributed by atoms with Crippen molar-refractivity contribution >= 4 is 23.5 Å². The Morgan fingerprint density at radius 2 is 2.17 bits per heavy atom. The van der Waals surface area contributed by atoms with Crippen molar-refractivity contribution in [3.63, 3.8) is 0 Å². The van der Waals surface area contributed by atoms with Gasteiger partial charge in [0.25, 0.3) is 0 Å². The summed E-state index contributed by atoms with van der Waals surface area (Å²) >= 11 is 9.37. The number of halogens is 2. The molecule has 0 unspecified atom stereocenters. The highest BCUT2D eigenvalue weighted by atomic mass is 35.5. The summed E-state index contributed by atoms with van der Waals surface area (Å²) in [7, 11) is 0. The molecule has 38 valence electrons. The number of alkyl halides is 1. The van der Waals surface area contributed by atoms with Crippen molar-refractivity contribution < 1.29 is 14.4 Å². The van der Waals surface area contributed by atoms with Crippen LogP contribution in [0.2, 0.25) is 0 Å². The average molecular weight is 133 g/mol. The Hall–Kier alpha value is 0.460. The molecule has 3 nitrogen and oxygen atoms in total. The Kier molecular flexibility index (Phi) is 5.88. The molecule has 0 aromatic rings. The lowest BCUT2D eigenvalue weighted by Crippen LogP contribution is -1.84. The lowest BCUT2D eigenvalue weighted by molar-refractivity contribution is -0.458. The number of rotatable bonds is 3. The summed E-state index contributed by atoms with van der Waals surface area (Å²) in [5.41, 5.74) is 0. The summed E-state index contributed by atoms with van der Waals surface area (Å²) in [4.78, 5) is 3.89. The fourth-order valence-electron chi connectivity index (χ4n) is 0.0364. The van der Waals surface area contributed by atoms with Crippen molar-refractivity contribution in [2.45, 2.75) is 0 Å². The lowest BCUT2D eigenvalue weighted by atomic mass is 11.7. The van der Waals surface area contributed by atoms with Gasteiger partial charge in [0.05, 0.1) is 0 Å². The highest BCUT2D eigenvalue weighted by molar-refractivity contribution is 6.17. The summed E-state index contributed by atoms with van der Waals surface area (Å²) in [6.45, 7) is 0. The third-order valence-corrected chi connectivity index (χ3v) is 0.259.